The zero-order valence-corrected chi connectivity index (χ0v) is 21.5. The Bertz CT molecular complexity index is 1360. The number of nitrogens with zero attached hydrogens (tertiary/aromatic N) is 1. The standard InChI is InChI=1S/C30H35N3O4/c1-30-11-10-21-22(9-7-17-12-25(34)26(37-2)15-23(17)21)29(30)18(13-27(30)35)4-3-5-28(36)32-20-8-6-19-16-31-33-24(19)14-20/h6,8,12,14-16,18,21-22,29,34H,3-5,7,9-11,13H2,1-2H3,(H,31,33)(H,32,36)/t18-,21?,22?,29?,30+/m0/s1. The van der Waals surface area contributed by atoms with Crippen LogP contribution in [0.15, 0.2) is 36.5 Å². The Kier molecular flexibility index (Phi) is 5.97. The summed E-state index contributed by atoms with van der Waals surface area (Å²) in [5.41, 5.74) is 3.92. The third-order valence-corrected chi connectivity index (χ3v) is 9.57. The van der Waals surface area contributed by atoms with Crippen LogP contribution in [0, 0.1) is 23.2 Å². The van der Waals surface area contributed by atoms with Crippen molar-refractivity contribution in [2.75, 3.05) is 12.4 Å². The number of phenols is 1. The number of amides is 1. The van der Waals surface area contributed by atoms with E-state index in [0.29, 0.717) is 48.0 Å². The number of nitrogens with one attached hydrogen (secondary N) is 2. The molecule has 2 saturated carbocycles. The van der Waals surface area contributed by atoms with Crippen molar-refractivity contribution in [3.05, 3.63) is 47.7 Å². The number of hydrogen-bond acceptors (Lipinski definition) is 5. The highest BCUT2D eigenvalue weighted by atomic mass is 16.5. The predicted molar refractivity (Wildman–Crippen MR) is 142 cm³/mol. The van der Waals surface area contributed by atoms with Crippen molar-refractivity contribution < 1.29 is 19.4 Å². The van der Waals surface area contributed by atoms with Gasteiger partial charge in [-0.05, 0) is 104 Å². The molecule has 194 valence electrons. The molecule has 1 heterocycles. The van der Waals surface area contributed by atoms with Gasteiger partial charge in [0.25, 0.3) is 0 Å². The first-order chi connectivity index (χ1) is 17.9. The molecule has 7 heteroatoms. The first-order valence-electron chi connectivity index (χ1n) is 13.5. The van der Waals surface area contributed by atoms with Crippen LogP contribution in [-0.4, -0.2) is 34.1 Å². The molecule has 5 atom stereocenters. The number of hydrogen-bond donors (Lipinski definition) is 3. The maximum Gasteiger partial charge on any atom is 0.224 e. The van der Waals surface area contributed by atoms with Gasteiger partial charge in [0.1, 0.15) is 5.78 Å². The Labute approximate surface area is 217 Å². The van der Waals surface area contributed by atoms with E-state index in [1.54, 1.807) is 13.3 Å². The summed E-state index contributed by atoms with van der Waals surface area (Å²) in [7, 11) is 1.59. The number of ether oxygens (including phenoxy) is 1. The van der Waals surface area contributed by atoms with E-state index in [2.05, 4.69) is 22.4 Å². The molecule has 3 unspecified atom stereocenters. The van der Waals surface area contributed by atoms with Crippen LogP contribution >= 0.6 is 0 Å². The molecule has 1 aromatic heterocycles. The summed E-state index contributed by atoms with van der Waals surface area (Å²) >= 11 is 0. The summed E-state index contributed by atoms with van der Waals surface area (Å²) in [6, 6.07) is 9.64. The molecule has 2 aromatic carbocycles. The lowest BCUT2D eigenvalue weighted by molar-refractivity contribution is -0.129. The van der Waals surface area contributed by atoms with Crippen LogP contribution in [0.5, 0.6) is 11.5 Å². The normalized spacial score (nSPS) is 28.4. The number of aryl methyl sites for hydroxylation is 1. The highest BCUT2D eigenvalue weighted by molar-refractivity contribution is 5.93. The van der Waals surface area contributed by atoms with Gasteiger partial charge in [0, 0.05) is 29.3 Å². The summed E-state index contributed by atoms with van der Waals surface area (Å²) in [4.78, 5) is 26.0. The molecule has 3 aromatic rings. The molecule has 3 aliphatic rings. The number of carbonyl (C=O) groups excluding carboxylic acids is 2. The summed E-state index contributed by atoms with van der Waals surface area (Å²) in [5, 5.41) is 21.3. The fourth-order valence-corrected chi connectivity index (χ4v) is 7.84. The van der Waals surface area contributed by atoms with Crippen molar-refractivity contribution >= 4 is 28.3 Å². The third-order valence-electron chi connectivity index (χ3n) is 9.57. The topological polar surface area (TPSA) is 104 Å². The minimum atomic E-state index is -0.258. The van der Waals surface area contributed by atoms with E-state index in [1.165, 1.54) is 11.1 Å². The first-order valence-corrected chi connectivity index (χ1v) is 13.5. The average Bonchev–Trinajstić information content (AvgIpc) is 3.45. The number of Topliss-reactive ketones (excluding diaryl/α,β-unsaturated/α-hetero) is 1. The fraction of sp³-hybridized carbons (Fsp3) is 0.500. The SMILES string of the molecule is COc1cc2c(cc1O)CCC1C2CC[C@]2(C)C(=O)C[C@H](CCCC(=O)Nc3ccc4cn[nH]c4c3)C12. The second-order valence-corrected chi connectivity index (χ2v) is 11.5. The quantitative estimate of drug-likeness (QED) is 0.400. The predicted octanol–water partition coefficient (Wildman–Crippen LogP) is 5.74. The molecule has 0 aliphatic heterocycles. The Morgan fingerprint density at radius 2 is 2.14 bits per heavy atom. The lowest BCUT2D eigenvalue weighted by atomic mass is 9.54. The number of aromatic hydroxyl groups is 1. The van der Waals surface area contributed by atoms with E-state index < -0.39 is 0 Å². The molecule has 7 nitrogen and oxygen atoms in total. The van der Waals surface area contributed by atoms with Crippen LogP contribution in [0.1, 0.15) is 68.9 Å². The molecule has 3 aliphatic carbocycles. The van der Waals surface area contributed by atoms with Crippen molar-refractivity contribution in [1.82, 2.24) is 10.2 Å². The lowest BCUT2D eigenvalue weighted by Gasteiger charge is -2.50. The highest BCUT2D eigenvalue weighted by Gasteiger charge is 2.58. The Morgan fingerprint density at radius 1 is 1.27 bits per heavy atom. The van der Waals surface area contributed by atoms with Crippen molar-refractivity contribution in [3.8, 4) is 11.5 Å². The Hall–Kier alpha value is -3.35. The summed E-state index contributed by atoms with van der Waals surface area (Å²) in [6.45, 7) is 2.20. The van der Waals surface area contributed by atoms with Crippen LogP contribution in [-0.2, 0) is 16.0 Å². The van der Waals surface area contributed by atoms with Gasteiger partial charge in [-0.3, -0.25) is 14.7 Å². The van der Waals surface area contributed by atoms with E-state index >= 15 is 0 Å². The van der Waals surface area contributed by atoms with Crippen molar-refractivity contribution in [1.29, 1.82) is 0 Å². The maximum atomic E-state index is 13.3. The van der Waals surface area contributed by atoms with E-state index in [-0.39, 0.29) is 17.1 Å². The van der Waals surface area contributed by atoms with Gasteiger partial charge in [0.15, 0.2) is 11.5 Å². The number of aromatic amines is 1. The number of H-pyrrole nitrogens is 1. The number of rotatable bonds is 6. The minimum absolute atomic E-state index is 0.00553. The summed E-state index contributed by atoms with van der Waals surface area (Å²) in [6.07, 6.45) is 8.39. The van der Waals surface area contributed by atoms with Crippen LogP contribution < -0.4 is 10.1 Å². The average molecular weight is 502 g/mol. The van der Waals surface area contributed by atoms with Crippen molar-refractivity contribution in [2.24, 2.45) is 23.2 Å². The molecule has 0 spiro atoms. The van der Waals surface area contributed by atoms with Crippen LogP contribution in [0.3, 0.4) is 0 Å². The van der Waals surface area contributed by atoms with Gasteiger partial charge in [-0.15, -0.1) is 0 Å². The number of anilines is 1. The van der Waals surface area contributed by atoms with Crippen LogP contribution in [0.25, 0.3) is 10.9 Å². The fourth-order valence-electron chi connectivity index (χ4n) is 7.84. The molecule has 1 amide bonds. The molecular weight excluding hydrogens is 466 g/mol. The van der Waals surface area contributed by atoms with Crippen LogP contribution in [0.2, 0.25) is 0 Å². The molecule has 0 saturated heterocycles. The van der Waals surface area contributed by atoms with E-state index in [0.717, 1.165) is 55.1 Å². The maximum absolute atomic E-state index is 13.3. The zero-order chi connectivity index (χ0) is 25.7. The van der Waals surface area contributed by atoms with Gasteiger partial charge in [0.05, 0.1) is 18.8 Å². The minimum Gasteiger partial charge on any atom is -0.504 e. The van der Waals surface area contributed by atoms with Gasteiger partial charge in [0.2, 0.25) is 5.91 Å². The van der Waals surface area contributed by atoms with Crippen molar-refractivity contribution in [3.63, 3.8) is 0 Å². The number of benzene rings is 2. The molecule has 0 radical (unpaired) electrons. The van der Waals surface area contributed by atoms with Gasteiger partial charge in [-0.1, -0.05) is 6.92 Å². The smallest absolute Gasteiger partial charge is 0.224 e. The van der Waals surface area contributed by atoms with Crippen LogP contribution in [0.4, 0.5) is 5.69 Å². The number of ketones is 1. The summed E-state index contributed by atoms with van der Waals surface area (Å²) in [5.74, 6) is 2.66. The van der Waals surface area contributed by atoms with Crippen molar-refractivity contribution in [2.45, 2.75) is 64.2 Å². The number of methoxy groups -OCH3 is 1. The highest BCUT2D eigenvalue weighted by Crippen LogP contribution is 2.62. The van der Waals surface area contributed by atoms with Gasteiger partial charge in [-0.25, -0.2) is 0 Å². The molecular formula is C30H35N3O4. The van der Waals surface area contributed by atoms with E-state index in [4.69, 9.17) is 4.74 Å². The molecule has 6 rings (SSSR count). The van der Waals surface area contributed by atoms with E-state index in [9.17, 15) is 14.7 Å². The second kappa shape index (κ2) is 9.19. The number of aromatic nitrogens is 2. The number of carbonyl (C=O) groups is 2. The second-order valence-electron chi connectivity index (χ2n) is 11.5. The lowest BCUT2D eigenvalue weighted by Crippen LogP contribution is -2.44. The third kappa shape index (κ3) is 4.09. The van der Waals surface area contributed by atoms with Gasteiger partial charge in [-0.2, -0.15) is 5.10 Å². The first kappa shape index (κ1) is 24.0. The Morgan fingerprint density at radius 3 is 2.97 bits per heavy atom. The molecule has 3 N–H and O–H groups in total. The molecule has 37 heavy (non-hydrogen) atoms. The number of fused-ring (bicyclic) bond motifs is 6. The monoisotopic (exact) mass is 501 g/mol. The van der Waals surface area contributed by atoms with Gasteiger partial charge < -0.3 is 15.2 Å². The Balaban J connectivity index is 1.14. The van der Waals surface area contributed by atoms with Gasteiger partial charge >= 0.3 is 0 Å². The number of phenolic OH excluding ortho intramolecular Hbond substituents is 1. The zero-order valence-electron chi connectivity index (χ0n) is 21.5. The molecule has 2 fully saturated rings. The van der Waals surface area contributed by atoms with E-state index in [1.807, 2.05) is 30.3 Å². The largest absolute Gasteiger partial charge is 0.504 e. The molecule has 0 bridgehead atoms. The summed E-state index contributed by atoms with van der Waals surface area (Å²) < 4.78 is 5.42.